The van der Waals surface area contributed by atoms with Crippen molar-refractivity contribution in [2.45, 2.75) is 6.10 Å². The smallest absolute Gasteiger partial charge is 0.136 e. The second kappa shape index (κ2) is 6.77. The molecule has 1 unspecified atom stereocenters. The highest BCUT2D eigenvalue weighted by atomic mass is 127. The minimum absolute atomic E-state index is 0.171. The van der Waals surface area contributed by atoms with E-state index in [0.717, 1.165) is 17.1 Å². The van der Waals surface area contributed by atoms with Crippen molar-refractivity contribution in [3.05, 3.63) is 57.7 Å². The van der Waals surface area contributed by atoms with Crippen molar-refractivity contribution in [3.8, 4) is 11.5 Å². The monoisotopic (exact) mass is 369 g/mol. The van der Waals surface area contributed by atoms with Crippen molar-refractivity contribution in [3.63, 3.8) is 0 Å². The molecule has 2 aromatic carbocycles. The van der Waals surface area contributed by atoms with Gasteiger partial charge in [-0.25, -0.2) is 0 Å². The maximum absolute atomic E-state index is 5.92. The van der Waals surface area contributed by atoms with Gasteiger partial charge in [0.15, 0.2) is 0 Å². The Morgan fingerprint density at radius 3 is 2.47 bits per heavy atom. The highest BCUT2D eigenvalue weighted by Gasteiger charge is 2.12. The summed E-state index contributed by atoms with van der Waals surface area (Å²) in [5, 5.41) is 0. The second-order valence-electron chi connectivity index (χ2n) is 4.07. The molecule has 0 saturated heterocycles. The van der Waals surface area contributed by atoms with Crippen molar-refractivity contribution < 1.29 is 9.47 Å². The van der Waals surface area contributed by atoms with Crippen molar-refractivity contribution >= 4 is 22.6 Å². The van der Waals surface area contributed by atoms with Crippen LogP contribution in [-0.2, 0) is 0 Å². The van der Waals surface area contributed by atoms with Crippen LogP contribution in [0.5, 0.6) is 11.5 Å². The molecule has 0 heterocycles. The number of rotatable bonds is 5. The zero-order valence-electron chi connectivity index (χ0n) is 10.7. The van der Waals surface area contributed by atoms with Gasteiger partial charge in [0.05, 0.1) is 7.11 Å². The van der Waals surface area contributed by atoms with Gasteiger partial charge in [0.1, 0.15) is 17.6 Å². The fourth-order valence-electron chi connectivity index (χ4n) is 1.77. The zero-order valence-corrected chi connectivity index (χ0v) is 12.8. The molecule has 2 rings (SSSR count). The van der Waals surface area contributed by atoms with E-state index in [2.05, 4.69) is 22.6 Å². The molecule has 100 valence electrons. The topological polar surface area (TPSA) is 44.5 Å². The SMILES string of the molecule is COc1cccc(C(CN)Oc2ccc(I)cc2)c1. The average Bonchev–Trinajstić information content (AvgIpc) is 2.46. The summed E-state index contributed by atoms with van der Waals surface area (Å²) in [5.41, 5.74) is 6.82. The molecular formula is C15H16INO2. The van der Waals surface area contributed by atoms with Crippen LogP contribution in [0.4, 0.5) is 0 Å². The first-order valence-electron chi connectivity index (χ1n) is 5.99. The Bertz CT molecular complexity index is 528. The summed E-state index contributed by atoms with van der Waals surface area (Å²) in [4.78, 5) is 0. The van der Waals surface area contributed by atoms with Gasteiger partial charge < -0.3 is 15.2 Å². The molecule has 0 spiro atoms. The molecule has 19 heavy (non-hydrogen) atoms. The fourth-order valence-corrected chi connectivity index (χ4v) is 2.13. The zero-order chi connectivity index (χ0) is 13.7. The van der Waals surface area contributed by atoms with Gasteiger partial charge in [0.25, 0.3) is 0 Å². The number of nitrogens with two attached hydrogens (primary N) is 1. The van der Waals surface area contributed by atoms with E-state index in [-0.39, 0.29) is 6.10 Å². The third-order valence-corrected chi connectivity index (χ3v) is 3.49. The maximum atomic E-state index is 5.92. The number of hydrogen-bond acceptors (Lipinski definition) is 3. The van der Waals surface area contributed by atoms with Crippen LogP contribution in [0.15, 0.2) is 48.5 Å². The Kier molecular flexibility index (Phi) is 5.04. The molecule has 0 aliphatic rings. The van der Waals surface area contributed by atoms with Crippen LogP contribution in [0.3, 0.4) is 0 Å². The summed E-state index contributed by atoms with van der Waals surface area (Å²) < 4.78 is 12.3. The van der Waals surface area contributed by atoms with Gasteiger partial charge in [-0.15, -0.1) is 0 Å². The van der Waals surface area contributed by atoms with Crippen LogP contribution in [0, 0.1) is 3.57 Å². The number of hydrogen-bond donors (Lipinski definition) is 1. The van der Waals surface area contributed by atoms with Crippen molar-refractivity contribution in [1.29, 1.82) is 0 Å². The fraction of sp³-hybridized carbons (Fsp3) is 0.200. The van der Waals surface area contributed by atoms with E-state index in [4.69, 9.17) is 15.2 Å². The molecule has 1 atom stereocenters. The molecule has 0 saturated carbocycles. The Balaban J connectivity index is 2.17. The maximum Gasteiger partial charge on any atom is 0.136 e. The third kappa shape index (κ3) is 3.84. The van der Waals surface area contributed by atoms with Gasteiger partial charge >= 0.3 is 0 Å². The van der Waals surface area contributed by atoms with Crippen LogP contribution >= 0.6 is 22.6 Å². The van der Waals surface area contributed by atoms with E-state index < -0.39 is 0 Å². The van der Waals surface area contributed by atoms with Crippen molar-refractivity contribution in [1.82, 2.24) is 0 Å². The minimum atomic E-state index is -0.171. The molecular weight excluding hydrogens is 353 g/mol. The van der Waals surface area contributed by atoms with E-state index >= 15 is 0 Å². The van der Waals surface area contributed by atoms with E-state index in [1.165, 1.54) is 3.57 Å². The average molecular weight is 369 g/mol. The quantitative estimate of drug-likeness (QED) is 0.822. The molecule has 0 amide bonds. The summed E-state index contributed by atoms with van der Waals surface area (Å²) in [7, 11) is 1.65. The molecule has 3 nitrogen and oxygen atoms in total. The van der Waals surface area contributed by atoms with Gasteiger partial charge in [-0.1, -0.05) is 12.1 Å². The molecule has 2 N–H and O–H groups in total. The van der Waals surface area contributed by atoms with Gasteiger partial charge in [-0.3, -0.25) is 0 Å². The highest BCUT2D eigenvalue weighted by Crippen LogP contribution is 2.24. The van der Waals surface area contributed by atoms with E-state index in [1.807, 2.05) is 48.5 Å². The lowest BCUT2D eigenvalue weighted by atomic mass is 10.1. The standard InChI is InChI=1S/C15H16INO2/c1-18-14-4-2-3-11(9-14)15(10-17)19-13-7-5-12(16)6-8-13/h2-9,15H,10,17H2,1H3. The molecule has 2 aromatic rings. The predicted octanol–water partition coefficient (Wildman–Crippen LogP) is 3.38. The summed E-state index contributed by atoms with van der Waals surface area (Å²) >= 11 is 2.26. The minimum Gasteiger partial charge on any atom is -0.497 e. The van der Waals surface area contributed by atoms with Gasteiger partial charge in [0, 0.05) is 10.1 Å². The van der Waals surface area contributed by atoms with Crippen molar-refractivity contribution in [2.75, 3.05) is 13.7 Å². The first-order chi connectivity index (χ1) is 9.22. The molecule has 0 fully saturated rings. The Morgan fingerprint density at radius 1 is 1.11 bits per heavy atom. The first-order valence-corrected chi connectivity index (χ1v) is 7.07. The summed E-state index contributed by atoms with van der Waals surface area (Å²) in [6.07, 6.45) is -0.171. The normalized spacial score (nSPS) is 11.9. The van der Waals surface area contributed by atoms with Gasteiger partial charge in [-0.05, 0) is 64.6 Å². The Hall–Kier alpha value is -1.27. The molecule has 4 heteroatoms. The van der Waals surface area contributed by atoms with Gasteiger partial charge in [0.2, 0.25) is 0 Å². The molecule has 0 bridgehead atoms. The van der Waals surface area contributed by atoms with Crippen LogP contribution in [-0.4, -0.2) is 13.7 Å². The summed E-state index contributed by atoms with van der Waals surface area (Å²) in [5.74, 6) is 1.63. The van der Waals surface area contributed by atoms with Crippen LogP contribution in [0.1, 0.15) is 11.7 Å². The Morgan fingerprint density at radius 2 is 1.84 bits per heavy atom. The lowest BCUT2D eigenvalue weighted by Gasteiger charge is -2.18. The third-order valence-electron chi connectivity index (χ3n) is 2.77. The molecule has 0 aromatic heterocycles. The van der Waals surface area contributed by atoms with E-state index in [1.54, 1.807) is 7.11 Å². The van der Waals surface area contributed by atoms with Crippen LogP contribution < -0.4 is 15.2 Å². The second-order valence-corrected chi connectivity index (χ2v) is 5.32. The summed E-state index contributed by atoms with van der Waals surface area (Å²) in [6, 6.07) is 15.7. The summed E-state index contributed by atoms with van der Waals surface area (Å²) in [6.45, 7) is 0.416. The lowest BCUT2D eigenvalue weighted by Crippen LogP contribution is -2.18. The Labute approximate surface area is 126 Å². The lowest BCUT2D eigenvalue weighted by molar-refractivity contribution is 0.213. The van der Waals surface area contributed by atoms with Crippen LogP contribution in [0.25, 0.3) is 0 Å². The van der Waals surface area contributed by atoms with E-state index in [0.29, 0.717) is 6.54 Å². The first kappa shape index (κ1) is 14.1. The van der Waals surface area contributed by atoms with E-state index in [9.17, 15) is 0 Å². The number of methoxy groups -OCH3 is 1. The largest absolute Gasteiger partial charge is 0.497 e. The molecule has 0 aliphatic carbocycles. The number of ether oxygens (including phenoxy) is 2. The number of benzene rings is 2. The van der Waals surface area contributed by atoms with Crippen molar-refractivity contribution in [2.24, 2.45) is 5.73 Å². The van der Waals surface area contributed by atoms with Crippen LogP contribution in [0.2, 0.25) is 0 Å². The predicted molar refractivity (Wildman–Crippen MR) is 84.6 cm³/mol. The number of halogens is 1. The molecule has 0 radical (unpaired) electrons. The highest BCUT2D eigenvalue weighted by molar-refractivity contribution is 14.1. The molecule has 0 aliphatic heterocycles. The van der Waals surface area contributed by atoms with Gasteiger partial charge in [-0.2, -0.15) is 0 Å².